The van der Waals surface area contributed by atoms with E-state index in [1.54, 1.807) is 12.1 Å². The van der Waals surface area contributed by atoms with E-state index < -0.39 is 0 Å². The molecular formula is C18H26FN. The zero-order valence-electron chi connectivity index (χ0n) is 12.8. The molecule has 1 aliphatic carbocycles. The summed E-state index contributed by atoms with van der Waals surface area (Å²) in [6.45, 7) is 7.83. The lowest BCUT2D eigenvalue weighted by atomic mass is 9.83. The summed E-state index contributed by atoms with van der Waals surface area (Å²) in [6, 6.07) is 7.27. The number of rotatable bonds is 5. The van der Waals surface area contributed by atoms with E-state index in [1.807, 2.05) is 12.1 Å². The Morgan fingerprint density at radius 3 is 2.65 bits per heavy atom. The highest BCUT2D eigenvalue weighted by atomic mass is 19.1. The van der Waals surface area contributed by atoms with Gasteiger partial charge in [0.05, 0.1) is 0 Å². The summed E-state index contributed by atoms with van der Waals surface area (Å²) < 4.78 is 12.9. The molecule has 0 radical (unpaired) electrons. The van der Waals surface area contributed by atoms with Gasteiger partial charge >= 0.3 is 0 Å². The van der Waals surface area contributed by atoms with Crippen molar-refractivity contribution in [3.05, 3.63) is 47.3 Å². The lowest BCUT2D eigenvalue weighted by molar-refractivity contribution is 0.364. The van der Waals surface area contributed by atoms with Gasteiger partial charge in [-0.2, -0.15) is 0 Å². The van der Waals surface area contributed by atoms with Crippen LogP contribution >= 0.6 is 0 Å². The van der Waals surface area contributed by atoms with Crippen LogP contribution in [0.1, 0.15) is 39.2 Å². The molecule has 3 unspecified atom stereocenters. The van der Waals surface area contributed by atoms with E-state index in [-0.39, 0.29) is 5.82 Å². The molecule has 1 aromatic carbocycles. The second kappa shape index (κ2) is 7.03. The number of hydrogen-bond donors (Lipinski definition) is 1. The second-order valence-electron chi connectivity index (χ2n) is 6.44. The van der Waals surface area contributed by atoms with Gasteiger partial charge in [-0.15, -0.1) is 0 Å². The maximum atomic E-state index is 12.9. The van der Waals surface area contributed by atoms with Crippen molar-refractivity contribution >= 4 is 0 Å². The molecule has 0 spiro atoms. The molecule has 1 aromatic rings. The molecule has 2 rings (SSSR count). The minimum Gasteiger partial charge on any atom is -0.314 e. The van der Waals surface area contributed by atoms with Crippen LogP contribution in [0.5, 0.6) is 0 Å². The maximum Gasteiger partial charge on any atom is 0.123 e. The second-order valence-corrected chi connectivity index (χ2v) is 6.44. The summed E-state index contributed by atoms with van der Waals surface area (Å²) >= 11 is 0. The largest absolute Gasteiger partial charge is 0.314 e. The lowest BCUT2D eigenvalue weighted by Gasteiger charge is -2.27. The van der Waals surface area contributed by atoms with Crippen LogP contribution < -0.4 is 5.32 Å². The monoisotopic (exact) mass is 275 g/mol. The molecular weight excluding hydrogens is 249 g/mol. The fraction of sp³-hybridized carbons (Fsp3) is 0.556. The Morgan fingerprint density at radius 2 is 2.00 bits per heavy atom. The zero-order chi connectivity index (χ0) is 14.5. The molecule has 20 heavy (non-hydrogen) atoms. The molecule has 0 bridgehead atoms. The first kappa shape index (κ1) is 15.2. The third-order valence-corrected chi connectivity index (χ3v) is 4.09. The van der Waals surface area contributed by atoms with Gasteiger partial charge in [0, 0.05) is 6.04 Å². The number of allylic oxidation sites excluding steroid dienone is 2. The normalized spacial score (nSPS) is 24.3. The van der Waals surface area contributed by atoms with E-state index in [4.69, 9.17) is 0 Å². The summed E-state index contributed by atoms with van der Waals surface area (Å²) in [5, 5.41) is 3.64. The Labute approximate surface area is 122 Å². The quantitative estimate of drug-likeness (QED) is 0.788. The van der Waals surface area contributed by atoms with Crippen molar-refractivity contribution in [2.24, 2.45) is 11.8 Å². The summed E-state index contributed by atoms with van der Waals surface area (Å²) in [5.41, 5.74) is 2.72. The molecule has 2 heteroatoms. The Bertz CT molecular complexity index is 449. The fourth-order valence-electron chi connectivity index (χ4n) is 3.26. The average Bonchev–Trinajstić information content (AvgIpc) is 2.38. The van der Waals surface area contributed by atoms with Crippen molar-refractivity contribution < 1.29 is 4.39 Å². The highest BCUT2D eigenvalue weighted by Crippen LogP contribution is 2.27. The highest BCUT2D eigenvalue weighted by Gasteiger charge is 2.18. The Balaban J connectivity index is 1.76. The summed E-state index contributed by atoms with van der Waals surface area (Å²) in [5.74, 6) is 1.31. The Kier molecular flexibility index (Phi) is 5.36. The van der Waals surface area contributed by atoms with Crippen molar-refractivity contribution in [1.29, 1.82) is 0 Å². The van der Waals surface area contributed by atoms with Gasteiger partial charge in [-0.25, -0.2) is 4.39 Å². The molecule has 0 amide bonds. The molecule has 1 N–H and O–H groups in total. The predicted molar refractivity (Wildman–Crippen MR) is 83.2 cm³/mol. The van der Waals surface area contributed by atoms with Crippen LogP contribution in [0.15, 0.2) is 35.9 Å². The molecule has 1 nitrogen and oxygen atoms in total. The molecule has 0 aromatic heterocycles. The van der Waals surface area contributed by atoms with Gasteiger partial charge in [0.15, 0.2) is 0 Å². The third kappa shape index (κ3) is 4.75. The zero-order valence-corrected chi connectivity index (χ0v) is 12.8. The standard InChI is InChI=1S/C18H26FN/c1-13-8-14(2)10-17(9-13)12-20-15(3)11-16-4-6-18(19)7-5-16/h4-8,13,15,17,20H,9-12H2,1-3H3. The molecule has 0 aliphatic heterocycles. The van der Waals surface area contributed by atoms with Crippen molar-refractivity contribution in [2.45, 2.75) is 46.1 Å². The van der Waals surface area contributed by atoms with E-state index in [0.29, 0.717) is 12.0 Å². The van der Waals surface area contributed by atoms with Gasteiger partial charge in [0.2, 0.25) is 0 Å². The molecule has 110 valence electrons. The van der Waals surface area contributed by atoms with E-state index in [2.05, 4.69) is 32.2 Å². The van der Waals surface area contributed by atoms with E-state index >= 15 is 0 Å². The number of benzene rings is 1. The molecule has 3 atom stereocenters. The van der Waals surface area contributed by atoms with Crippen molar-refractivity contribution in [3.63, 3.8) is 0 Å². The van der Waals surface area contributed by atoms with Gasteiger partial charge < -0.3 is 5.32 Å². The summed E-state index contributed by atoms with van der Waals surface area (Å²) in [4.78, 5) is 0. The van der Waals surface area contributed by atoms with Crippen molar-refractivity contribution in [1.82, 2.24) is 5.32 Å². The smallest absolute Gasteiger partial charge is 0.123 e. The van der Waals surface area contributed by atoms with Crippen LogP contribution in [0.3, 0.4) is 0 Å². The van der Waals surface area contributed by atoms with Crippen LogP contribution in [0, 0.1) is 17.7 Å². The van der Waals surface area contributed by atoms with E-state index in [0.717, 1.165) is 18.9 Å². The number of halogens is 1. The topological polar surface area (TPSA) is 12.0 Å². The SMILES string of the molecule is CC1=CC(C)CC(CNC(C)Cc2ccc(F)cc2)C1. The number of nitrogens with one attached hydrogen (secondary N) is 1. The van der Waals surface area contributed by atoms with E-state index in [1.165, 1.54) is 24.0 Å². The van der Waals surface area contributed by atoms with Crippen LogP contribution in [0.4, 0.5) is 4.39 Å². The van der Waals surface area contributed by atoms with Gasteiger partial charge in [0.25, 0.3) is 0 Å². The van der Waals surface area contributed by atoms with Gasteiger partial charge in [-0.3, -0.25) is 0 Å². The first-order valence-electron chi connectivity index (χ1n) is 7.68. The molecule has 0 saturated carbocycles. The predicted octanol–water partition coefficient (Wildman–Crippen LogP) is 4.34. The molecule has 0 heterocycles. The minimum absolute atomic E-state index is 0.159. The summed E-state index contributed by atoms with van der Waals surface area (Å²) in [6.07, 6.45) is 5.87. The maximum absolute atomic E-state index is 12.9. The van der Waals surface area contributed by atoms with E-state index in [9.17, 15) is 4.39 Å². The van der Waals surface area contributed by atoms with Crippen LogP contribution in [0.25, 0.3) is 0 Å². The van der Waals surface area contributed by atoms with Crippen molar-refractivity contribution in [3.8, 4) is 0 Å². The lowest BCUT2D eigenvalue weighted by Crippen LogP contribution is -2.34. The van der Waals surface area contributed by atoms with Crippen LogP contribution in [-0.2, 0) is 6.42 Å². The van der Waals surface area contributed by atoms with Gasteiger partial charge in [0.1, 0.15) is 5.82 Å². The third-order valence-electron chi connectivity index (χ3n) is 4.09. The molecule has 1 aliphatic rings. The fourth-order valence-corrected chi connectivity index (χ4v) is 3.26. The number of hydrogen-bond acceptors (Lipinski definition) is 1. The minimum atomic E-state index is -0.159. The van der Waals surface area contributed by atoms with Crippen molar-refractivity contribution in [2.75, 3.05) is 6.54 Å². The molecule has 0 saturated heterocycles. The average molecular weight is 275 g/mol. The first-order chi connectivity index (χ1) is 9.52. The van der Waals surface area contributed by atoms with Crippen LogP contribution in [-0.4, -0.2) is 12.6 Å². The van der Waals surface area contributed by atoms with Gasteiger partial charge in [-0.05, 0) is 69.2 Å². The summed E-state index contributed by atoms with van der Waals surface area (Å²) in [7, 11) is 0. The van der Waals surface area contributed by atoms with Gasteiger partial charge in [-0.1, -0.05) is 30.7 Å². The Morgan fingerprint density at radius 1 is 1.30 bits per heavy atom. The first-order valence-corrected chi connectivity index (χ1v) is 7.68. The Hall–Kier alpha value is -1.15. The molecule has 0 fully saturated rings. The highest BCUT2D eigenvalue weighted by molar-refractivity contribution is 5.17. The van der Waals surface area contributed by atoms with Crippen LogP contribution in [0.2, 0.25) is 0 Å².